The molecule has 0 aliphatic rings. The number of anilines is 2. The van der Waals surface area contributed by atoms with Crippen molar-refractivity contribution in [1.82, 2.24) is 30.2 Å². The zero-order valence-electron chi connectivity index (χ0n) is 22.0. The van der Waals surface area contributed by atoms with E-state index in [-0.39, 0.29) is 17.2 Å². The fourth-order valence-electron chi connectivity index (χ4n) is 4.23. The summed E-state index contributed by atoms with van der Waals surface area (Å²) >= 11 is 0. The maximum atomic E-state index is 13.7. The lowest BCUT2D eigenvalue weighted by atomic mass is 10.0. The standard InChI is InChI=1S/C28H24F2N10O/c1-15(18-7-8-22(29)23(30)10-18)37-28(41)24-26(35-14-20(11-31)38-24)34-12-16-3-5-17(6-4-16)19-9-21-25(33-2)39-40(32)27(21)36-13-19/h3-10,13-15H,12,32H2,1-2H3,(H,33,39)(H,34,35)(H,37,41)/t15-/m0/s1. The lowest BCUT2D eigenvalue weighted by molar-refractivity contribution is 0.0935. The van der Waals surface area contributed by atoms with Crippen LogP contribution in [-0.2, 0) is 6.54 Å². The number of nitrogen functional groups attached to an aromatic ring is 1. The molecule has 0 fully saturated rings. The SMILES string of the molecule is CNc1nn(N)c2ncc(-c3ccc(CNc4ncc(C#N)nc4C(=O)N[C@@H](C)c4ccc(F)c(F)c4)cc3)cc12. The molecule has 206 valence electrons. The highest BCUT2D eigenvalue weighted by molar-refractivity contribution is 5.97. The van der Waals surface area contributed by atoms with Crippen LogP contribution in [0.15, 0.2) is 60.9 Å². The van der Waals surface area contributed by atoms with E-state index in [0.717, 1.165) is 34.2 Å². The van der Waals surface area contributed by atoms with Gasteiger partial charge in [0.1, 0.15) is 6.07 Å². The Balaban J connectivity index is 1.31. The number of fused-ring (bicyclic) bond motifs is 1. The molecule has 41 heavy (non-hydrogen) atoms. The van der Waals surface area contributed by atoms with E-state index < -0.39 is 23.6 Å². The van der Waals surface area contributed by atoms with Gasteiger partial charge in [0.25, 0.3) is 5.91 Å². The Kier molecular flexibility index (Phi) is 7.38. The molecular weight excluding hydrogens is 530 g/mol. The fourth-order valence-corrected chi connectivity index (χ4v) is 4.23. The zero-order valence-corrected chi connectivity index (χ0v) is 22.0. The molecule has 5 rings (SSSR count). The first-order valence-corrected chi connectivity index (χ1v) is 12.4. The molecule has 0 spiro atoms. The van der Waals surface area contributed by atoms with Gasteiger partial charge in [0.05, 0.1) is 17.6 Å². The van der Waals surface area contributed by atoms with Crippen molar-refractivity contribution in [3.05, 3.63) is 95.1 Å². The van der Waals surface area contributed by atoms with Crippen LogP contribution < -0.4 is 21.8 Å². The first-order chi connectivity index (χ1) is 19.8. The van der Waals surface area contributed by atoms with Crippen LogP contribution in [0.3, 0.4) is 0 Å². The summed E-state index contributed by atoms with van der Waals surface area (Å²) in [6.07, 6.45) is 2.98. The minimum absolute atomic E-state index is 0.0438. The van der Waals surface area contributed by atoms with Crippen molar-refractivity contribution in [2.24, 2.45) is 0 Å². The highest BCUT2D eigenvalue weighted by Gasteiger charge is 2.20. The van der Waals surface area contributed by atoms with Gasteiger partial charge in [0.2, 0.25) is 0 Å². The van der Waals surface area contributed by atoms with E-state index in [2.05, 4.69) is 36.0 Å². The second-order valence-corrected chi connectivity index (χ2v) is 9.12. The Bertz CT molecular complexity index is 1800. The van der Waals surface area contributed by atoms with Gasteiger partial charge in [-0.15, -0.1) is 5.10 Å². The molecule has 3 aromatic heterocycles. The maximum absolute atomic E-state index is 13.7. The molecule has 0 aliphatic heterocycles. The van der Waals surface area contributed by atoms with Crippen LogP contribution in [-0.4, -0.2) is 37.8 Å². The number of carbonyl (C=O) groups excluding carboxylic acids is 1. The van der Waals surface area contributed by atoms with Crippen LogP contribution >= 0.6 is 0 Å². The normalized spacial score (nSPS) is 11.6. The van der Waals surface area contributed by atoms with Crippen LogP contribution in [0.2, 0.25) is 0 Å². The van der Waals surface area contributed by atoms with E-state index in [4.69, 9.17) is 5.84 Å². The molecule has 1 atom stereocenters. The van der Waals surface area contributed by atoms with Crippen molar-refractivity contribution in [3.63, 3.8) is 0 Å². The highest BCUT2D eigenvalue weighted by atomic mass is 19.2. The van der Waals surface area contributed by atoms with Crippen LogP contribution in [0.1, 0.15) is 40.3 Å². The Morgan fingerprint density at radius 3 is 2.54 bits per heavy atom. The number of aromatic nitrogens is 5. The number of hydrogen-bond donors (Lipinski definition) is 4. The van der Waals surface area contributed by atoms with E-state index in [1.807, 2.05) is 36.4 Å². The maximum Gasteiger partial charge on any atom is 0.274 e. The quantitative estimate of drug-likeness (QED) is 0.209. The Morgan fingerprint density at radius 1 is 1.05 bits per heavy atom. The number of carbonyl (C=O) groups is 1. The molecule has 0 saturated heterocycles. The van der Waals surface area contributed by atoms with E-state index in [9.17, 15) is 18.8 Å². The molecule has 11 nitrogen and oxygen atoms in total. The summed E-state index contributed by atoms with van der Waals surface area (Å²) in [5.41, 5.74) is 3.48. The van der Waals surface area contributed by atoms with E-state index >= 15 is 0 Å². The Hall–Kier alpha value is -5.64. The molecule has 5 aromatic rings. The van der Waals surface area contributed by atoms with Crippen LogP contribution in [0.5, 0.6) is 0 Å². The topological polar surface area (TPSA) is 159 Å². The van der Waals surface area contributed by atoms with Crippen molar-refractivity contribution < 1.29 is 13.6 Å². The summed E-state index contributed by atoms with van der Waals surface area (Å²) in [5.74, 6) is 4.02. The number of benzene rings is 2. The number of pyridine rings is 1. The minimum atomic E-state index is -1.02. The Morgan fingerprint density at radius 2 is 1.83 bits per heavy atom. The smallest absolute Gasteiger partial charge is 0.274 e. The Labute approximate surface area is 233 Å². The average Bonchev–Trinajstić information content (AvgIpc) is 3.32. The fraction of sp³-hybridized carbons (Fsp3) is 0.143. The predicted octanol–water partition coefficient (Wildman–Crippen LogP) is 3.90. The van der Waals surface area contributed by atoms with Gasteiger partial charge in [-0.1, -0.05) is 30.3 Å². The lowest BCUT2D eigenvalue weighted by Crippen LogP contribution is -2.29. The number of amides is 1. The molecule has 0 unspecified atom stereocenters. The molecule has 2 aromatic carbocycles. The number of nitriles is 1. The van der Waals surface area contributed by atoms with Gasteiger partial charge < -0.3 is 21.8 Å². The number of rotatable bonds is 8. The van der Waals surface area contributed by atoms with E-state index in [0.29, 0.717) is 23.6 Å². The molecule has 0 bridgehead atoms. The van der Waals surface area contributed by atoms with Crippen molar-refractivity contribution in [2.45, 2.75) is 19.5 Å². The van der Waals surface area contributed by atoms with Crippen LogP contribution in [0.4, 0.5) is 20.4 Å². The van der Waals surface area contributed by atoms with Gasteiger partial charge in [-0.3, -0.25) is 4.79 Å². The van der Waals surface area contributed by atoms with Crippen molar-refractivity contribution in [2.75, 3.05) is 23.5 Å². The van der Waals surface area contributed by atoms with Crippen LogP contribution in [0, 0.1) is 23.0 Å². The number of halogens is 2. The third-order valence-electron chi connectivity index (χ3n) is 6.42. The van der Waals surface area contributed by atoms with Gasteiger partial charge >= 0.3 is 0 Å². The molecule has 1 amide bonds. The monoisotopic (exact) mass is 554 g/mol. The number of hydrogen-bond acceptors (Lipinski definition) is 9. The highest BCUT2D eigenvalue weighted by Crippen LogP contribution is 2.27. The first kappa shape index (κ1) is 26.9. The van der Waals surface area contributed by atoms with Gasteiger partial charge in [0, 0.05) is 25.4 Å². The average molecular weight is 555 g/mol. The van der Waals surface area contributed by atoms with Gasteiger partial charge in [-0.25, -0.2) is 23.7 Å². The molecule has 0 aliphatic carbocycles. The third-order valence-corrected chi connectivity index (χ3v) is 6.42. The first-order valence-electron chi connectivity index (χ1n) is 12.4. The van der Waals surface area contributed by atoms with Gasteiger partial charge in [0.15, 0.2) is 40.3 Å². The molecule has 13 heteroatoms. The summed E-state index contributed by atoms with van der Waals surface area (Å²) in [6, 6.07) is 14.2. The van der Waals surface area contributed by atoms with Gasteiger partial charge in [-0.2, -0.15) is 10.1 Å². The van der Waals surface area contributed by atoms with E-state index in [1.54, 1.807) is 20.2 Å². The minimum Gasteiger partial charge on any atom is -0.371 e. The van der Waals surface area contributed by atoms with E-state index in [1.165, 1.54) is 17.1 Å². The third kappa shape index (κ3) is 5.57. The summed E-state index contributed by atoms with van der Waals surface area (Å²) in [6.45, 7) is 1.93. The summed E-state index contributed by atoms with van der Waals surface area (Å²) in [5, 5.41) is 23.1. The second kappa shape index (κ2) is 11.2. The number of nitrogens with two attached hydrogens (primary N) is 1. The van der Waals surface area contributed by atoms with Crippen molar-refractivity contribution in [1.29, 1.82) is 5.26 Å². The molecule has 0 radical (unpaired) electrons. The number of nitrogens with zero attached hydrogens (tertiary/aromatic N) is 6. The summed E-state index contributed by atoms with van der Waals surface area (Å²) in [7, 11) is 1.76. The molecule has 0 saturated carbocycles. The molecular formula is C28H24F2N10O. The van der Waals surface area contributed by atoms with Crippen molar-refractivity contribution >= 4 is 28.6 Å². The molecule has 5 N–H and O–H groups in total. The second-order valence-electron chi connectivity index (χ2n) is 9.12. The largest absolute Gasteiger partial charge is 0.371 e. The zero-order chi connectivity index (χ0) is 29.1. The van der Waals surface area contributed by atoms with Gasteiger partial charge in [-0.05, 0) is 41.8 Å². The lowest BCUT2D eigenvalue weighted by Gasteiger charge is -2.16. The predicted molar refractivity (Wildman–Crippen MR) is 149 cm³/mol. The van der Waals surface area contributed by atoms with Crippen LogP contribution in [0.25, 0.3) is 22.2 Å². The summed E-state index contributed by atoms with van der Waals surface area (Å²) in [4.78, 5) is 27.0. The number of nitrogens with one attached hydrogen (secondary N) is 3. The summed E-state index contributed by atoms with van der Waals surface area (Å²) < 4.78 is 27.0. The van der Waals surface area contributed by atoms with Crippen molar-refractivity contribution in [3.8, 4) is 17.2 Å². The molecule has 3 heterocycles.